The number of hydrogen-bond donors (Lipinski definition) is 3. The second-order valence-electron chi connectivity index (χ2n) is 6.88. The maximum absolute atomic E-state index is 11.5. The fraction of sp³-hybridized carbons (Fsp3) is 0.286. The molecule has 0 unspecified atom stereocenters. The minimum atomic E-state index is -3.17. The average Bonchev–Trinajstić information content (AvgIpc) is 3.06. The summed E-state index contributed by atoms with van der Waals surface area (Å²) in [5.74, 6) is 0.711. The zero-order valence-corrected chi connectivity index (χ0v) is 20.0. The van der Waals surface area contributed by atoms with Crippen LogP contribution in [0, 0.1) is 6.92 Å². The van der Waals surface area contributed by atoms with Crippen molar-refractivity contribution in [2.75, 3.05) is 19.8 Å². The molecule has 0 bridgehead atoms. The molecule has 0 aliphatic heterocycles. The molecule has 1 aromatic heterocycles. The van der Waals surface area contributed by atoms with Gasteiger partial charge in [0.2, 0.25) is 0 Å². The number of guanidine groups is 1. The first-order chi connectivity index (χ1) is 13.4. The van der Waals surface area contributed by atoms with Gasteiger partial charge in [0.05, 0.1) is 4.90 Å². The normalized spacial score (nSPS) is 11.9. The van der Waals surface area contributed by atoms with Crippen LogP contribution in [-0.2, 0) is 22.8 Å². The summed E-state index contributed by atoms with van der Waals surface area (Å²) in [6, 6.07) is 13.3. The maximum atomic E-state index is 11.5. The number of rotatable bonds is 6. The van der Waals surface area contributed by atoms with Crippen molar-refractivity contribution in [3.63, 3.8) is 0 Å². The van der Waals surface area contributed by atoms with Crippen LogP contribution < -0.4 is 10.6 Å². The third-order valence-electron chi connectivity index (χ3n) is 4.64. The number of nitrogens with one attached hydrogen (secondary N) is 3. The van der Waals surface area contributed by atoms with Gasteiger partial charge in [0.15, 0.2) is 15.8 Å². The van der Waals surface area contributed by atoms with E-state index in [1.54, 1.807) is 19.2 Å². The minimum Gasteiger partial charge on any atom is -0.361 e. The van der Waals surface area contributed by atoms with Crippen LogP contribution in [0.25, 0.3) is 10.9 Å². The summed E-state index contributed by atoms with van der Waals surface area (Å²) in [4.78, 5) is 7.90. The smallest absolute Gasteiger partial charge is 0.191 e. The standard InChI is InChI=1S/C21H26N4O2S.HI/c1-15-4-9-19-17(14-24-20(19)12-15)10-11-23-21(22-2)25-13-16-5-7-18(8-6-16)28(3,26)27;/h4-9,12,14,24H,10-11,13H2,1-3H3,(H2,22,23,25);1H. The Morgan fingerprint density at radius 1 is 1.10 bits per heavy atom. The molecule has 3 rings (SSSR count). The van der Waals surface area contributed by atoms with Crippen molar-refractivity contribution in [1.29, 1.82) is 0 Å². The van der Waals surface area contributed by atoms with Gasteiger partial charge in [0, 0.05) is 43.5 Å². The number of aryl methyl sites for hydroxylation is 1. The van der Waals surface area contributed by atoms with Gasteiger partial charge < -0.3 is 15.6 Å². The first-order valence-corrected chi connectivity index (χ1v) is 11.1. The molecule has 0 aliphatic carbocycles. The Balaban J connectivity index is 0.00000300. The Hall–Kier alpha value is -2.07. The van der Waals surface area contributed by atoms with Gasteiger partial charge in [-0.15, -0.1) is 24.0 Å². The highest BCUT2D eigenvalue weighted by Gasteiger charge is 2.07. The molecule has 1 heterocycles. The molecule has 8 heteroatoms. The number of benzene rings is 2. The fourth-order valence-corrected chi connectivity index (χ4v) is 3.71. The van der Waals surface area contributed by atoms with Crippen molar-refractivity contribution in [2.24, 2.45) is 4.99 Å². The Kier molecular flexibility index (Phi) is 8.09. The summed E-state index contributed by atoms with van der Waals surface area (Å²) in [7, 11) is -1.43. The van der Waals surface area contributed by atoms with E-state index in [2.05, 4.69) is 51.9 Å². The largest absolute Gasteiger partial charge is 0.361 e. The summed E-state index contributed by atoms with van der Waals surface area (Å²) in [5.41, 5.74) is 4.67. The van der Waals surface area contributed by atoms with E-state index >= 15 is 0 Å². The zero-order chi connectivity index (χ0) is 20.1. The molecule has 0 saturated carbocycles. The van der Waals surface area contributed by atoms with Crippen LogP contribution in [0.5, 0.6) is 0 Å². The van der Waals surface area contributed by atoms with Crippen molar-refractivity contribution in [1.82, 2.24) is 15.6 Å². The van der Waals surface area contributed by atoms with Gasteiger partial charge in [0.25, 0.3) is 0 Å². The molecule has 0 amide bonds. The van der Waals surface area contributed by atoms with E-state index in [0.29, 0.717) is 17.4 Å². The highest BCUT2D eigenvalue weighted by Crippen LogP contribution is 2.19. The van der Waals surface area contributed by atoms with Crippen LogP contribution in [0.2, 0.25) is 0 Å². The molecule has 0 spiro atoms. The van der Waals surface area contributed by atoms with E-state index in [4.69, 9.17) is 0 Å². The summed E-state index contributed by atoms with van der Waals surface area (Å²) in [6.07, 6.45) is 4.15. The molecule has 0 aliphatic rings. The third-order valence-corrected chi connectivity index (χ3v) is 5.77. The first-order valence-electron chi connectivity index (χ1n) is 9.17. The maximum Gasteiger partial charge on any atom is 0.191 e. The molecule has 3 aromatic rings. The fourth-order valence-electron chi connectivity index (χ4n) is 3.08. The van der Waals surface area contributed by atoms with Gasteiger partial charge in [0.1, 0.15) is 0 Å². The van der Waals surface area contributed by atoms with Crippen LogP contribution in [-0.4, -0.2) is 39.2 Å². The number of sulfone groups is 1. The number of aromatic nitrogens is 1. The minimum absolute atomic E-state index is 0. The highest BCUT2D eigenvalue weighted by atomic mass is 127. The number of H-pyrrole nitrogens is 1. The second kappa shape index (κ2) is 10.1. The summed E-state index contributed by atoms with van der Waals surface area (Å²) in [5, 5.41) is 7.82. The van der Waals surface area contributed by atoms with E-state index in [-0.39, 0.29) is 24.0 Å². The van der Waals surface area contributed by atoms with Crippen molar-refractivity contribution in [3.05, 3.63) is 65.4 Å². The molecule has 0 atom stereocenters. The van der Waals surface area contributed by atoms with Crippen molar-refractivity contribution < 1.29 is 8.42 Å². The van der Waals surface area contributed by atoms with Gasteiger partial charge >= 0.3 is 0 Å². The molecule has 0 radical (unpaired) electrons. The Morgan fingerprint density at radius 3 is 2.48 bits per heavy atom. The van der Waals surface area contributed by atoms with E-state index < -0.39 is 9.84 Å². The molecular formula is C21H27IN4O2S. The molecule has 3 N–H and O–H groups in total. The van der Waals surface area contributed by atoms with Gasteiger partial charge in [-0.05, 0) is 48.2 Å². The lowest BCUT2D eigenvalue weighted by Gasteiger charge is -2.12. The third kappa shape index (κ3) is 6.20. The molecule has 6 nitrogen and oxygen atoms in total. The van der Waals surface area contributed by atoms with E-state index in [9.17, 15) is 8.42 Å². The van der Waals surface area contributed by atoms with Gasteiger partial charge in [-0.25, -0.2) is 8.42 Å². The predicted octanol–water partition coefficient (Wildman–Crippen LogP) is 3.41. The number of aliphatic imine (C=N–C) groups is 1. The average molecular weight is 526 g/mol. The lowest BCUT2D eigenvalue weighted by Crippen LogP contribution is -2.37. The first kappa shape index (κ1) is 23.2. The molecule has 0 saturated heterocycles. The second-order valence-corrected chi connectivity index (χ2v) is 8.90. The summed E-state index contributed by atoms with van der Waals surface area (Å²) >= 11 is 0. The summed E-state index contributed by atoms with van der Waals surface area (Å²) < 4.78 is 23.0. The Labute approximate surface area is 189 Å². The highest BCUT2D eigenvalue weighted by molar-refractivity contribution is 14.0. The number of fused-ring (bicyclic) bond motifs is 1. The van der Waals surface area contributed by atoms with Crippen LogP contribution in [0.4, 0.5) is 0 Å². The van der Waals surface area contributed by atoms with Crippen LogP contribution in [0.1, 0.15) is 16.7 Å². The summed E-state index contributed by atoms with van der Waals surface area (Å²) in [6.45, 7) is 3.41. The lowest BCUT2D eigenvalue weighted by atomic mass is 10.1. The van der Waals surface area contributed by atoms with Crippen molar-refractivity contribution in [2.45, 2.75) is 24.8 Å². The van der Waals surface area contributed by atoms with E-state index in [1.165, 1.54) is 22.8 Å². The number of hydrogen-bond acceptors (Lipinski definition) is 3. The Bertz CT molecular complexity index is 1090. The topological polar surface area (TPSA) is 86.3 Å². The molecule has 0 fully saturated rings. The molecule has 156 valence electrons. The van der Waals surface area contributed by atoms with Crippen LogP contribution in [0.15, 0.2) is 58.5 Å². The molecule has 2 aromatic carbocycles. The zero-order valence-electron chi connectivity index (χ0n) is 16.8. The quantitative estimate of drug-likeness (QED) is 0.261. The van der Waals surface area contributed by atoms with Crippen LogP contribution in [0.3, 0.4) is 0 Å². The molecular weight excluding hydrogens is 499 g/mol. The van der Waals surface area contributed by atoms with E-state index in [1.807, 2.05) is 12.1 Å². The monoisotopic (exact) mass is 526 g/mol. The predicted molar refractivity (Wildman–Crippen MR) is 130 cm³/mol. The lowest BCUT2D eigenvalue weighted by molar-refractivity contribution is 0.602. The SMILES string of the molecule is CN=C(NCCc1c[nH]c2cc(C)ccc12)NCc1ccc(S(C)(=O)=O)cc1.I. The van der Waals surface area contributed by atoms with Crippen molar-refractivity contribution in [3.8, 4) is 0 Å². The van der Waals surface area contributed by atoms with Crippen LogP contribution >= 0.6 is 24.0 Å². The Morgan fingerprint density at radius 2 is 1.83 bits per heavy atom. The number of nitrogens with zero attached hydrogens (tertiary/aromatic N) is 1. The van der Waals surface area contributed by atoms with E-state index in [0.717, 1.165) is 24.0 Å². The number of aromatic amines is 1. The number of halogens is 1. The molecule has 29 heavy (non-hydrogen) atoms. The van der Waals surface area contributed by atoms with Gasteiger partial charge in [-0.2, -0.15) is 0 Å². The van der Waals surface area contributed by atoms with Gasteiger partial charge in [-0.1, -0.05) is 24.3 Å². The van der Waals surface area contributed by atoms with Crippen molar-refractivity contribution >= 4 is 50.7 Å². The van der Waals surface area contributed by atoms with Gasteiger partial charge in [-0.3, -0.25) is 4.99 Å².